The molecule has 2 unspecified atom stereocenters. The molecule has 0 aliphatic heterocycles. The van der Waals surface area contributed by atoms with Crippen LogP contribution in [-0.2, 0) is 10.0 Å². The zero-order valence-corrected chi connectivity index (χ0v) is 11.5. The molecule has 0 spiro atoms. The maximum absolute atomic E-state index is 13.1. The van der Waals surface area contributed by atoms with Gasteiger partial charge in [0.25, 0.3) is 0 Å². The lowest BCUT2D eigenvalue weighted by molar-refractivity contribution is -0.0645. The largest absolute Gasteiger partial charge is 0.398 e. The summed E-state index contributed by atoms with van der Waals surface area (Å²) in [4.78, 5) is -0.273. The molecule has 0 amide bonds. The van der Waals surface area contributed by atoms with Crippen LogP contribution in [0.2, 0.25) is 0 Å². The maximum atomic E-state index is 13.1. The molecule has 0 bridgehead atoms. The van der Waals surface area contributed by atoms with Gasteiger partial charge >= 0.3 is 0 Å². The van der Waals surface area contributed by atoms with Crippen molar-refractivity contribution < 1.29 is 17.9 Å². The molecule has 19 heavy (non-hydrogen) atoms. The van der Waals surface area contributed by atoms with Crippen molar-refractivity contribution in [1.82, 2.24) is 4.72 Å². The van der Waals surface area contributed by atoms with Gasteiger partial charge in [-0.05, 0) is 24.6 Å². The van der Waals surface area contributed by atoms with Gasteiger partial charge in [-0.1, -0.05) is 13.8 Å². The van der Waals surface area contributed by atoms with E-state index >= 15 is 0 Å². The highest BCUT2D eigenvalue weighted by molar-refractivity contribution is 7.89. The first-order chi connectivity index (χ1) is 8.64. The predicted molar refractivity (Wildman–Crippen MR) is 69.3 cm³/mol. The zero-order valence-electron chi connectivity index (χ0n) is 10.7. The van der Waals surface area contributed by atoms with E-state index in [4.69, 9.17) is 5.73 Å². The van der Waals surface area contributed by atoms with Crippen molar-refractivity contribution in [1.29, 1.82) is 0 Å². The third kappa shape index (κ3) is 2.45. The number of aliphatic hydroxyl groups excluding tert-OH is 1. The molecule has 2 rings (SSSR count). The summed E-state index contributed by atoms with van der Waals surface area (Å²) in [6.07, 6.45) is -0.216. The van der Waals surface area contributed by atoms with Gasteiger partial charge in [0.05, 0.1) is 11.8 Å². The zero-order chi connectivity index (χ0) is 14.4. The van der Waals surface area contributed by atoms with E-state index in [-0.39, 0.29) is 10.6 Å². The highest BCUT2D eigenvalue weighted by Crippen LogP contribution is 2.41. The van der Waals surface area contributed by atoms with Crippen molar-refractivity contribution in [3.05, 3.63) is 24.0 Å². The molecule has 1 aliphatic carbocycles. The fourth-order valence-electron chi connectivity index (χ4n) is 2.09. The third-order valence-electron chi connectivity index (χ3n) is 3.78. The average molecular weight is 288 g/mol. The highest BCUT2D eigenvalue weighted by atomic mass is 32.2. The van der Waals surface area contributed by atoms with Crippen LogP contribution in [0, 0.1) is 11.2 Å². The monoisotopic (exact) mass is 288 g/mol. The van der Waals surface area contributed by atoms with Crippen molar-refractivity contribution in [2.45, 2.75) is 37.3 Å². The van der Waals surface area contributed by atoms with Crippen molar-refractivity contribution in [3.8, 4) is 0 Å². The second kappa shape index (κ2) is 4.43. The van der Waals surface area contributed by atoms with Gasteiger partial charge in [0.1, 0.15) is 10.7 Å². The van der Waals surface area contributed by atoms with Crippen LogP contribution in [0.3, 0.4) is 0 Å². The fraction of sp³-hybridized carbons (Fsp3) is 0.500. The Labute approximate surface area is 111 Å². The molecular formula is C12H17FN2O3S. The van der Waals surface area contributed by atoms with E-state index in [2.05, 4.69) is 4.72 Å². The maximum Gasteiger partial charge on any atom is 0.242 e. The Balaban J connectivity index is 2.27. The number of anilines is 1. The first-order valence-electron chi connectivity index (χ1n) is 5.90. The molecule has 1 aromatic carbocycles. The lowest BCUT2D eigenvalue weighted by Crippen LogP contribution is -2.61. The van der Waals surface area contributed by atoms with E-state index in [0.717, 1.165) is 12.1 Å². The molecule has 4 N–H and O–H groups in total. The Morgan fingerprint density at radius 3 is 2.63 bits per heavy atom. The first kappa shape index (κ1) is 14.2. The highest BCUT2D eigenvalue weighted by Gasteiger charge is 2.49. The average Bonchev–Trinajstić information content (AvgIpc) is 2.31. The minimum Gasteiger partial charge on any atom is -0.398 e. The van der Waals surface area contributed by atoms with Gasteiger partial charge in [0.15, 0.2) is 0 Å². The topological polar surface area (TPSA) is 92.4 Å². The van der Waals surface area contributed by atoms with Gasteiger partial charge in [0, 0.05) is 11.5 Å². The second-order valence-electron chi connectivity index (χ2n) is 5.43. The smallest absolute Gasteiger partial charge is 0.242 e. The van der Waals surface area contributed by atoms with E-state index in [1.165, 1.54) is 6.07 Å². The van der Waals surface area contributed by atoms with E-state index in [9.17, 15) is 17.9 Å². The van der Waals surface area contributed by atoms with E-state index in [1.54, 1.807) is 13.8 Å². The number of nitrogens with one attached hydrogen (secondary N) is 1. The lowest BCUT2D eigenvalue weighted by Gasteiger charge is -2.49. The van der Waals surface area contributed by atoms with Crippen LogP contribution >= 0.6 is 0 Å². The minimum atomic E-state index is -3.89. The number of hydrogen-bond acceptors (Lipinski definition) is 4. The van der Waals surface area contributed by atoms with Crippen LogP contribution in [0.25, 0.3) is 0 Å². The van der Waals surface area contributed by atoms with Gasteiger partial charge < -0.3 is 10.8 Å². The molecule has 1 aromatic rings. The van der Waals surface area contributed by atoms with Crippen LogP contribution in [0.1, 0.15) is 20.3 Å². The van der Waals surface area contributed by atoms with E-state index < -0.39 is 33.4 Å². The Hall–Kier alpha value is -1.18. The van der Waals surface area contributed by atoms with Gasteiger partial charge in [-0.3, -0.25) is 0 Å². The molecule has 0 saturated heterocycles. The lowest BCUT2D eigenvalue weighted by atomic mass is 9.65. The summed E-state index contributed by atoms with van der Waals surface area (Å²) in [5.41, 5.74) is 5.02. The molecule has 1 saturated carbocycles. The molecule has 1 fully saturated rings. The number of hydrogen-bond donors (Lipinski definition) is 3. The van der Waals surface area contributed by atoms with Gasteiger partial charge in [0.2, 0.25) is 10.0 Å². The Kier molecular flexibility index (Phi) is 3.32. The molecule has 0 aromatic heterocycles. The fourth-order valence-corrected chi connectivity index (χ4v) is 3.64. The number of aliphatic hydroxyl groups is 1. The van der Waals surface area contributed by atoms with Crippen molar-refractivity contribution in [3.63, 3.8) is 0 Å². The normalized spacial score (nSPS) is 25.9. The minimum absolute atomic E-state index is 0.00780. The van der Waals surface area contributed by atoms with Gasteiger partial charge in [-0.2, -0.15) is 0 Å². The summed E-state index contributed by atoms with van der Waals surface area (Å²) in [5.74, 6) is -0.664. The van der Waals surface area contributed by atoms with Gasteiger partial charge in [-0.15, -0.1) is 0 Å². The molecular weight excluding hydrogens is 271 g/mol. The number of sulfonamides is 1. The van der Waals surface area contributed by atoms with Crippen LogP contribution < -0.4 is 10.5 Å². The summed E-state index contributed by atoms with van der Waals surface area (Å²) in [7, 11) is -3.89. The molecule has 2 atom stereocenters. The molecule has 106 valence electrons. The summed E-state index contributed by atoms with van der Waals surface area (Å²) in [6, 6.07) is 2.81. The summed E-state index contributed by atoms with van der Waals surface area (Å²) in [6.45, 7) is 3.53. The number of rotatable bonds is 3. The Morgan fingerprint density at radius 2 is 2.11 bits per heavy atom. The molecule has 1 aliphatic rings. The van der Waals surface area contributed by atoms with Crippen LogP contribution in [-0.4, -0.2) is 25.7 Å². The van der Waals surface area contributed by atoms with Crippen LogP contribution in [0.5, 0.6) is 0 Å². The first-order valence-corrected chi connectivity index (χ1v) is 7.38. The Bertz CT molecular complexity index is 601. The summed E-state index contributed by atoms with van der Waals surface area (Å²) in [5, 5.41) is 9.59. The summed E-state index contributed by atoms with van der Waals surface area (Å²) < 4.78 is 39.9. The van der Waals surface area contributed by atoms with Crippen LogP contribution in [0.15, 0.2) is 23.1 Å². The standard InChI is InChI=1S/C12H17FN2O3S/c1-12(2)10(6-11(12)16)15-19(17,18)9-5-7(13)3-4-8(9)14/h3-5,10-11,15-16H,6,14H2,1-2H3. The second-order valence-corrected chi connectivity index (χ2v) is 7.11. The number of benzene rings is 1. The molecule has 0 radical (unpaired) electrons. The number of nitrogen functional groups attached to an aromatic ring is 1. The predicted octanol–water partition coefficient (Wildman–Crippen LogP) is 0.846. The summed E-state index contributed by atoms with van der Waals surface area (Å²) >= 11 is 0. The van der Waals surface area contributed by atoms with E-state index in [1.807, 2.05) is 0 Å². The third-order valence-corrected chi connectivity index (χ3v) is 5.31. The molecule has 7 heteroatoms. The quantitative estimate of drug-likeness (QED) is 0.719. The van der Waals surface area contributed by atoms with Gasteiger partial charge in [-0.25, -0.2) is 17.5 Å². The SMILES string of the molecule is CC1(C)C(O)CC1NS(=O)(=O)c1cc(F)ccc1N. The number of nitrogens with two attached hydrogens (primary N) is 1. The van der Waals surface area contributed by atoms with Crippen LogP contribution in [0.4, 0.5) is 10.1 Å². The van der Waals surface area contributed by atoms with Crippen molar-refractivity contribution in [2.24, 2.45) is 5.41 Å². The Morgan fingerprint density at radius 1 is 1.47 bits per heavy atom. The molecule has 0 heterocycles. The number of halogens is 1. The molecule has 5 nitrogen and oxygen atoms in total. The van der Waals surface area contributed by atoms with Crippen molar-refractivity contribution >= 4 is 15.7 Å². The van der Waals surface area contributed by atoms with E-state index in [0.29, 0.717) is 6.42 Å². The van der Waals surface area contributed by atoms with Crippen molar-refractivity contribution in [2.75, 3.05) is 5.73 Å².